The smallest absolute Gasteiger partial charge is 0.247 e. The lowest BCUT2D eigenvalue weighted by atomic mass is 10.2. The summed E-state index contributed by atoms with van der Waals surface area (Å²) in [5.41, 5.74) is 2.98. The second kappa shape index (κ2) is 9.66. The van der Waals surface area contributed by atoms with Crippen LogP contribution in [0.3, 0.4) is 0 Å². The molecule has 0 aromatic heterocycles. The van der Waals surface area contributed by atoms with Crippen molar-refractivity contribution in [3.8, 4) is 5.75 Å². The van der Waals surface area contributed by atoms with Crippen molar-refractivity contribution in [3.05, 3.63) is 90.0 Å². The predicted molar refractivity (Wildman–Crippen MR) is 124 cm³/mol. The summed E-state index contributed by atoms with van der Waals surface area (Å²) in [6.07, 6.45) is 1.10. The first-order valence-corrected chi connectivity index (χ1v) is 11.7. The van der Waals surface area contributed by atoms with Crippen molar-refractivity contribution in [1.82, 2.24) is 0 Å². The summed E-state index contributed by atoms with van der Waals surface area (Å²) in [7, 11) is -3.66. The van der Waals surface area contributed by atoms with E-state index in [0.29, 0.717) is 23.7 Å². The van der Waals surface area contributed by atoms with E-state index in [-0.39, 0.29) is 0 Å². The molecule has 6 nitrogen and oxygen atoms in total. The van der Waals surface area contributed by atoms with Crippen LogP contribution in [0, 0.1) is 6.92 Å². The van der Waals surface area contributed by atoms with Crippen molar-refractivity contribution in [2.75, 3.05) is 15.9 Å². The number of anilines is 2. The number of rotatable bonds is 8. The first-order chi connectivity index (χ1) is 14.7. The molecule has 1 unspecified atom stereocenters. The summed E-state index contributed by atoms with van der Waals surface area (Å²) in [4.78, 5) is 12.8. The van der Waals surface area contributed by atoms with Crippen LogP contribution in [0.5, 0.6) is 5.75 Å². The van der Waals surface area contributed by atoms with E-state index in [2.05, 4.69) is 5.32 Å². The molecular weight excluding hydrogens is 412 g/mol. The molecule has 3 aromatic carbocycles. The second-order valence-corrected chi connectivity index (χ2v) is 9.22. The quantitative estimate of drug-likeness (QED) is 0.567. The molecule has 1 N–H and O–H groups in total. The Labute approximate surface area is 183 Å². The van der Waals surface area contributed by atoms with E-state index in [1.54, 1.807) is 49.4 Å². The van der Waals surface area contributed by atoms with Crippen molar-refractivity contribution < 1.29 is 17.9 Å². The van der Waals surface area contributed by atoms with Gasteiger partial charge in [-0.15, -0.1) is 0 Å². The minimum atomic E-state index is -3.66. The Morgan fingerprint density at radius 3 is 2.29 bits per heavy atom. The van der Waals surface area contributed by atoms with Crippen LogP contribution in [0.4, 0.5) is 11.4 Å². The highest BCUT2D eigenvalue weighted by atomic mass is 32.2. The Morgan fingerprint density at radius 1 is 1.00 bits per heavy atom. The van der Waals surface area contributed by atoms with Crippen LogP contribution in [0.1, 0.15) is 18.1 Å². The number of aryl methyl sites for hydroxylation is 1. The maximum absolute atomic E-state index is 12.8. The summed E-state index contributed by atoms with van der Waals surface area (Å²) < 4.78 is 31.7. The largest absolute Gasteiger partial charge is 0.489 e. The van der Waals surface area contributed by atoms with E-state index in [1.807, 2.05) is 43.3 Å². The van der Waals surface area contributed by atoms with E-state index in [4.69, 9.17) is 4.74 Å². The fourth-order valence-electron chi connectivity index (χ4n) is 3.20. The predicted octanol–water partition coefficient (Wildman–Crippen LogP) is 4.37. The van der Waals surface area contributed by atoms with Gasteiger partial charge in [0, 0.05) is 5.69 Å². The molecule has 3 rings (SSSR count). The zero-order valence-electron chi connectivity index (χ0n) is 17.8. The lowest BCUT2D eigenvalue weighted by Crippen LogP contribution is -2.45. The number of sulfonamides is 1. The molecule has 0 spiro atoms. The number of carbonyl (C=O) groups is 1. The van der Waals surface area contributed by atoms with E-state index in [9.17, 15) is 13.2 Å². The number of amides is 1. The van der Waals surface area contributed by atoms with Gasteiger partial charge in [-0.2, -0.15) is 0 Å². The van der Waals surface area contributed by atoms with Gasteiger partial charge in [0.1, 0.15) is 18.4 Å². The normalized spacial score (nSPS) is 12.1. The topological polar surface area (TPSA) is 75.7 Å². The standard InChI is InChI=1S/C24H26N2O4S/c1-18-8-7-11-22(16-18)26(31(3,28)29)19(2)24(27)25-21-12-14-23(15-13-21)30-17-20-9-5-4-6-10-20/h4-16,19H,17H2,1-3H3,(H,25,27). The van der Waals surface area contributed by atoms with Gasteiger partial charge in [0.2, 0.25) is 15.9 Å². The lowest BCUT2D eigenvalue weighted by Gasteiger charge is -2.28. The molecule has 0 saturated carbocycles. The summed E-state index contributed by atoms with van der Waals surface area (Å²) >= 11 is 0. The highest BCUT2D eigenvalue weighted by Gasteiger charge is 2.29. The van der Waals surface area contributed by atoms with Crippen molar-refractivity contribution in [2.45, 2.75) is 26.5 Å². The molecule has 7 heteroatoms. The highest BCUT2D eigenvalue weighted by molar-refractivity contribution is 7.92. The Kier molecular flexibility index (Phi) is 6.97. The maximum Gasteiger partial charge on any atom is 0.247 e. The van der Waals surface area contributed by atoms with Crippen molar-refractivity contribution in [1.29, 1.82) is 0 Å². The molecule has 0 aliphatic rings. The summed E-state index contributed by atoms with van der Waals surface area (Å²) in [5.74, 6) is 0.248. The molecule has 1 atom stereocenters. The molecule has 0 fully saturated rings. The molecule has 0 aliphatic carbocycles. The van der Waals surface area contributed by atoms with Crippen LogP contribution in [-0.2, 0) is 21.4 Å². The lowest BCUT2D eigenvalue weighted by molar-refractivity contribution is -0.116. The summed E-state index contributed by atoms with van der Waals surface area (Å²) in [5, 5.41) is 2.78. The third-order valence-electron chi connectivity index (χ3n) is 4.71. The van der Waals surface area contributed by atoms with E-state index in [0.717, 1.165) is 21.7 Å². The number of carbonyl (C=O) groups excluding carboxylic acids is 1. The Balaban J connectivity index is 1.67. The average Bonchev–Trinajstić information content (AvgIpc) is 2.73. The van der Waals surface area contributed by atoms with Crippen LogP contribution in [0.2, 0.25) is 0 Å². The van der Waals surface area contributed by atoms with E-state index < -0.39 is 22.0 Å². The van der Waals surface area contributed by atoms with Crippen LogP contribution >= 0.6 is 0 Å². The molecule has 31 heavy (non-hydrogen) atoms. The fourth-order valence-corrected chi connectivity index (χ4v) is 4.36. The number of ether oxygens (including phenoxy) is 1. The van der Waals surface area contributed by atoms with Gasteiger partial charge in [-0.3, -0.25) is 9.10 Å². The van der Waals surface area contributed by atoms with E-state index in [1.165, 1.54) is 0 Å². The molecule has 0 aliphatic heterocycles. The molecule has 3 aromatic rings. The number of nitrogens with one attached hydrogen (secondary N) is 1. The molecule has 0 radical (unpaired) electrons. The third-order valence-corrected chi connectivity index (χ3v) is 5.96. The third kappa shape index (κ3) is 6.08. The van der Waals surface area contributed by atoms with Gasteiger partial charge in [-0.25, -0.2) is 8.42 Å². The maximum atomic E-state index is 12.8. The zero-order chi connectivity index (χ0) is 22.4. The Hall–Kier alpha value is -3.32. The van der Waals surface area contributed by atoms with E-state index >= 15 is 0 Å². The van der Waals surface area contributed by atoms with Crippen molar-refractivity contribution in [2.24, 2.45) is 0 Å². The average molecular weight is 439 g/mol. The van der Waals surface area contributed by atoms with Gasteiger partial charge in [-0.05, 0) is 61.4 Å². The van der Waals surface area contributed by atoms with Gasteiger partial charge >= 0.3 is 0 Å². The number of hydrogen-bond donors (Lipinski definition) is 1. The van der Waals surface area contributed by atoms with Gasteiger partial charge < -0.3 is 10.1 Å². The van der Waals surface area contributed by atoms with Crippen molar-refractivity contribution >= 4 is 27.3 Å². The van der Waals surface area contributed by atoms with Crippen LogP contribution in [-0.4, -0.2) is 26.6 Å². The zero-order valence-corrected chi connectivity index (χ0v) is 18.6. The van der Waals surface area contributed by atoms with Crippen LogP contribution in [0.25, 0.3) is 0 Å². The minimum absolute atomic E-state index is 0.426. The number of nitrogens with zero attached hydrogens (tertiary/aromatic N) is 1. The second-order valence-electron chi connectivity index (χ2n) is 7.36. The number of benzene rings is 3. The Morgan fingerprint density at radius 2 is 1.68 bits per heavy atom. The van der Waals surface area contributed by atoms with Crippen LogP contribution < -0.4 is 14.4 Å². The monoisotopic (exact) mass is 438 g/mol. The molecule has 0 bridgehead atoms. The van der Waals surface area contributed by atoms with Crippen molar-refractivity contribution in [3.63, 3.8) is 0 Å². The van der Waals surface area contributed by atoms with Gasteiger partial charge in [0.25, 0.3) is 0 Å². The number of hydrogen-bond acceptors (Lipinski definition) is 4. The van der Waals surface area contributed by atoms with Crippen LogP contribution in [0.15, 0.2) is 78.9 Å². The first-order valence-electron chi connectivity index (χ1n) is 9.88. The Bertz CT molecular complexity index is 1130. The molecule has 1 amide bonds. The molecule has 0 heterocycles. The summed E-state index contributed by atoms with van der Waals surface area (Å²) in [6, 6.07) is 22.9. The molecule has 0 saturated heterocycles. The first kappa shape index (κ1) is 22.4. The summed E-state index contributed by atoms with van der Waals surface area (Å²) in [6.45, 7) is 3.88. The minimum Gasteiger partial charge on any atom is -0.489 e. The molecule has 162 valence electrons. The highest BCUT2D eigenvalue weighted by Crippen LogP contribution is 2.23. The fraction of sp³-hybridized carbons (Fsp3) is 0.208. The van der Waals surface area contributed by atoms with Gasteiger partial charge in [0.05, 0.1) is 11.9 Å². The molecular formula is C24H26N2O4S. The van der Waals surface area contributed by atoms with Gasteiger partial charge in [-0.1, -0.05) is 42.5 Å². The SMILES string of the molecule is Cc1cccc(N(C(C)C(=O)Nc2ccc(OCc3ccccc3)cc2)S(C)(=O)=O)c1. The van der Waals surface area contributed by atoms with Gasteiger partial charge in [0.15, 0.2) is 0 Å².